The topological polar surface area (TPSA) is 88.2 Å². The molecule has 19 heavy (non-hydrogen) atoms. The van der Waals surface area contributed by atoms with Crippen LogP contribution in [0.1, 0.15) is 11.7 Å². The van der Waals surface area contributed by atoms with E-state index < -0.39 is 17.8 Å². The number of nitrogens with one attached hydrogen (secondary N) is 1. The Kier molecular flexibility index (Phi) is 3.98. The lowest BCUT2D eigenvalue weighted by Crippen LogP contribution is -2.20. The quantitative estimate of drug-likeness (QED) is 0.808. The largest absolute Gasteiger partial charge is 0.480 e. The zero-order chi connectivity index (χ0) is 14.0. The van der Waals surface area contributed by atoms with Gasteiger partial charge in [-0.1, -0.05) is 11.6 Å². The Labute approximate surface area is 116 Å². The third-order valence-corrected chi connectivity index (χ3v) is 3.36. The van der Waals surface area contributed by atoms with Gasteiger partial charge in [0, 0.05) is 11.1 Å². The first-order chi connectivity index (χ1) is 8.97. The lowest BCUT2D eigenvalue weighted by molar-refractivity contribution is -0.138. The summed E-state index contributed by atoms with van der Waals surface area (Å²) >= 11 is 6.75. The number of hydrogen-bond acceptors (Lipinski definition) is 5. The van der Waals surface area contributed by atoms with Gasteiger partial charge in [0.15, 0.2) is 5.13 Å². The van der Waals surface area contributed by atoms with Crippen molar-refractivity contribution >= 4 is 39.7 Å². The molecular weight excluding hydrogens is 293 g/mol. The van der Waals surface area contributed by atoms with E-state index >= 15 is 0 Å². The molecule has 2 rings (SSSR count). The molecule has 0 aliphatic rings. The van der Waals surface area contributed by atoms with E-state index in [1.807, 2.05) is 0 Å². The van der Waals surface area contributed by atoms with Gasteiger partial charge < -0.3 is 16.2 Å². The zero-order valence-electron chi connectivity index (χ0n) is 9.43. The molecule has 1 heterocycles. The van der Waals surface area contributed by atoms with E-state index in [1.165, 1.54) is 28.8 Å². The molecule has 1 aromatic heterocycles. The number of nitrogens with zero attached hydrogens (tertiary/aromatic N) is 1. The van der Waals surface area contributed by atoms with Gasteiger partial charge in [-0.15, -0.1) is 11.3 Å². The number of anilines is 2. The van der Waals surface area contributed by atoms with Crippen LogP contribution >= 0.6 is 22.9 Å². The van der Waals surface area contributed by atoms with E-state index in [1.54, 1.807) is 6.07 Å². The van der Waals surface area contributed by atoms with Crippen LogP contribution in [0.15, 0.2) is 23.6 Å². The molecule has 0 radical (unpaired) electrons. The highest BCUT2D eigenvalue weighted by Gasteiger charge is 2.17. The summed E-state index contributed by atoms with van der Waals surface area (Å²) in [4.78, 5) is 14.7. The molecule has 0 saturated heterocycles. The Morgan fingerprint density at radius 1 is 1.58 bits per heavy atom. The molecular formula is C11H9ClFN3O2S. The van der Waals surface area contributed by atoms with Gasteiger partial charge >= 0.3 is 5.97 Å². The number of nitrogens with two attached hydrogens (primary N) is 1. The van der Waals surface area contributed by atoms with Crippen molar-refractivity contribution in [1.29, 1.82) is 0 Å². The molecule has 0 amide bonds. The third-order valence-electron chi connectivity index (χ3n) is 2.28. The minimum Gasteiger partial charge on any atom is -0.480 e. The summed E-state index contributed by atoms with van der Waals surface area (Å²) in [5.74, 6) is -1.71. The first kappa shape index (κ1) is 13.7. The second-order valence-corrected chi connectivity index (χ2v) is 4.91. The highest BCUT2D eigenvalue weighted by molar-refractivity contribution is 7.13. The highest BCUT2D eigenvalue weighted by atomic mass is 35.5. The Balaban J connectivity index is 2.15. The normalized spacial score (nSPS) is 12.2. The van der Waals surface area contributed by atoms with Gasteiger partial charge in [0.25, 0.3) is 0 Å². The van der Waals surface area contributed by atoms with Crippen molar-refractivity contribution in [1.82, 2.24) is 4.98 Å². The van der Waals surface area contributed by atoms with Gasteiger partial charge in [0.2, 0.25) is 0 Å². The first-order valence-corrected chi connectivity index (χ1v) is 6.39. The number of rotatable bonds is 4. The second-order valence-electron chi connectivity index (χ2n) is 3.65. The maximum atomic E-state index is 13.2. The van der Waals surface area contributed by atoms with Crippen LogP contribution in [0.4, 0.5) is 15.2 Å². The summed E-state index contributed by atoms with van der Waals surface area (Å²) < 4.78 is 13.2. The van der Waals surface area contributed by atoms with E-state index in [0.717, 1.165) is 0 Å². The molecule has 0 saturated carbocycles. The fourth-order valence-corrected chi connectivity index (χ4v) is 2.19. The fraction of sp³-hybridized carbons (Fsp3) is 0.0909. The van der Waals surface area contributed by atoms with E-state index in [4.69, 9.17) is 22.4 Å². The number of carboxylic acids is 1. The van der Waals surface area contributed by atoms with Crippen LogP contribution in [0.2, 0.25) is 5.02 Å². The number of carbonyl (C=O) groups is 1. The van der Waals surface area contributed by atoms with E-state index in [9.17, 15) is 9.18 Å². The molecule has 5 nitrogen and oxygen atoms in total. The second kappa shape index (κ2) is 5.52. The molecule has 1 unspecified atom stereocenters. The number of benzene rings is 1. The monoisotopic (exact) mass is 301 g/mol. The first-order valence-electron chi connectivity index (χ1n) is 5.13. The van der Waals surface area contributed by atoms with E-state index in [0.29, 0.717) is 10.8 Å². The van der Waals surface area contributed by atoms with Gasteiger partial charge in [-0.25, -0.2) is 9.37 Å². The molecule has 0 aliphatic carbocycles. The van der Waals surface area contributed by atoms with Crippen molar-refractivity contribution in [3.63, 3.8) is 0 Å². The Morgan fingerprint density at radius 2 is 2.32 bits per heavy atom. The van der Waals surface area contributed by atoms with E-state index in [-0.39, 0.29) is 10.7 Å². The standard InChI is InChI=1S/C11H9ClFN3O2S/c12-6-2-1-5(3-7(6)13)15-11-16-8(4-19-11)9(14)10(17)18/h1-4,9H,14H2,(H,15,16)(H,17,18). The molecule has 0 aliphatic heterocycles. The van der Waals surface area contributed by atoms with Crippen LogP contribution < -0.4 is 11.1 Å². The van der Waals surface area contributed by atoms with Gasteiger partial charge in [-0.3, -0.25) is 4.79 Å². The van der Waals surface area contributed by atoms with Crippen molar-refractivity contribution in [3.05, 3.63) is 40.1 Å². The number of hydrogen-bond donors (Lipinski definition) is 3. The zero-order valence-corrected chi connectivity index (χ0v) is 11.0. The summed E-state index contributed by atoms with van der Waals surface area (Å²) in [5, 5.41) is 13.6. The minimum atomic E-state index is -1.17. The number of thiazole rings is 1. The maximum absolute atomic E-state index is 13.2. The van der Waals surface area contributed by atoms with Crippen molar-refractivity contribution in [2.75, 3.05) is 5.32 Å². The number of carboxylic acid groups (broad SMARTS) is 1. The van der Waals surface area contributed by atoms with Crippen molar-refractivity contribution < 1.29 is 14.3 Å². The molecule has 4 N–H and O–H groups in total. The lowest BCUT2D eigenvalue weighted by atomic mass is 10.2. The van der Waals surface area contributed by atoms with Crippen molar-refractivity contribution in [2.45, 2.75) is 6.04 Å². The summed E-state index contributed by atoms with van der Waals surface area (Å²) in [6.45, 7) is 0. The Morgan fingerprint density at radius 3 is 2.95 bits per heavy atom. The molecule has 1 atom stereocenters. The van der Waals surface area contributed by atoms with Crippen LogP contribution in [0.5, 0.6) is 0 Å². The lowest BCUT2D eigenvalue weighted by Gasteiger charge is -2.04. The Hall–Kier alpha value is -1.70. The molecule has 1 aromatic carbocycles. The molecule has 2 aromatic rings. The smallest absolute Gasteiger partial charge is 0.326 e. The van der Waals surface area contributed by atoms with Crippen LogP contribution in [-0.2, 0) is 4.79 Å². The average Bonchev–Trinajstić information content (AvgIpc) is 2.81. The molecule has 0 spiro atoms. The van der Waals surface area contributed by atoms with Crippen molar-refractivity contribution in [3.8, 4) is 0 Å². The number of aliphatic carboxylic acids is 1. The third kappa shape index (κ3) is 3.19. The minimum absolute atomic E-state index is 0.0262. The Bertz CT molecular complexity index is 620. The van der Waals surface area contributed by atoms with Gasteiger partial charge in [-0.2, -0.15) is 0 Å². The SMILES string of the molecule is NC(C(=O)O)c1csc(Nc2ccc(Cl)c(F)c2)n1. The maximum Gasteiger partial charge on any atom is 0.326 e. The van der Waals surface area contributed by atoms with Gasteiger partial charge in [0.05, 0.1) is 10.7 Å². The molecule has 8 heteroatoms. The van der Waals surface area contributed by atoms with Crippen LogP contribution in [0.25, 0.3) is 0 Å². The predicted octanol–water partition coefficient (Wildman–Crippen LogP) is 2.76. The van der Waals surface area contributed by atoms with Crippen LogP contribution in [0.3, 0.4) is 0 Å². The molecule has 0 fully saturated rings. The van der Waals surface area contributed by atoms with Gasteiger partial charge in [0.1, 0.15) is 11.9 Å². The van der Waals surface area contributed by atoms with Crippen molar-refractivity contribution in [2.24, 2.45) is 5.73 Å². The number of aromatic nitrogens is 1. The fourth-order valence-electron chi connectivity index (χ4n) is 1.31. The predicted molar refractivity (Wildman–Crippen MR) is 71.4 cm³/mol. The van der Waals surface area contributed by atoms with Crippen LogP contribution in [-0.4, -0.2) is 16.1 Å². The van der Waals surface area contributed by atoms with Gasteiger partial charge in [-0.05, 0) is 18.2 Å². The molecule has 0 bridgehead atoms. The summed E-state index contributed by atoms with van der Waals surface area (Å²) in [6, 6.07) is 3.05. The summed E-state index contributed by atoms with van der Waals surface area (Å²) in [7, 11) is 0. The van der Waals surface area contributed by atoms with Crippen LogP contribution in [0, 0.1) is 5.82 Å². The number of halogens is 2. The van der Waals surface area contributed by atoms with E-state index in [2.05, 4.69) is 10.3 Å². The summed E-state index contributed by atoms with van der Waals surface area (Å²) in [6.07, 6.45) is 0. The molecule has 100 valence electrons. The average molecular weight is 302 g/mol. The highest BCUT2D eigenvalue weighted by Crippen LogP contribution is 2.25. The summed E-state index contributed by atoms with van der Waals surface area (Å²) in [5.41, 5.74) is 6.14.